The normalized spacial score (nSPS) is 40.3. The number of aliphatic hydroxyl groups is 2. The Labute approximate surface area is 309 Å². The van der Waals surface area contributed by atoms with Gasteiger partial charge in [-0.2, -0.15) is 0 Å². The molecular formula is C46H82N2O2. The Balaban J connectivity index is 0.781. The number of hydrogen-bond donors (Lipinski definition) is 2. The van der Waals surface area contributed by atoms with Gasteiger partial charge in [0.25, 0.3) is 0 Å². The van der Waals surface area contributed by atoms with Crippen molar-refractivity contribution in [2.75, 3.05) is 0 Å². The molecule has 0 spiro atoms. The third-order valence-corrected chi connectivity index (χ3v) is 16.6. The first-order valence-corrected chi connectivity index (χ1v) is 23.5. The predicted octanol–water partition coefficient (Wildman–Crippen LogP) is 11.3. The van der Waals surface area contributed by atoms with Gasteiger partial charge in [0.2, 0.25) is 0 Å². The lowest BCUT2D eigenvalue weighted by Crippen LogP contribution is -2.52. The summed E-state index contributed by atoms with van der Waals surface area (Å²) in [6.07, 6.45) is 47.5. The molecule has 0 amide bonds. The first kappa shape index (κ1) is 38.1. The lowest BCUT2D eigenvalue weighted by atomic mass is 9.73. The van der Waals surface area contributed by atoms with Crippen molar-refractivity contribution in [2.45, 2.75) is 267 Å². The minimum atomic E-state index is -0.0264. The average molecular weight is 695 g/mol. The van der Waals surface area contributed by atoms with E-state index in [-0.39, 0.29) is 12.2 Å². The molecule has 288 valence electrons. The second kappa shape index (κ2) is 19.4. The van der Waals surface area contributed by atoms with Gasteiger partial charge in [-0.3, -0.25) is 9.80 Å². The number of nitrogens with zero attached hydrogens (tertiary/aromatic N) is 2. The summed E-state index contributed by atoms with van der Waals surface area (Å²) < 4.78 is 0. The second-order valence-corrected chi connectivity index (χ2v) is 19.8. The maximum absolute atomic E-state index is 10.2. The molecule has 7 saturated carbocycles. The fourth-order valence-electron chi connectivity index (χ4n) is 13.5. The quantitative estimate of drug-likeness (QED) is 0.213. The molecule has 7 aliphatic carbocycles. The minimum Gasteiger partial charge on any atom is -0.393 e. The van der Waals surface area contributed by atoms with E-state index in [2.05, 4.69) is 9.80 Å². The van der Waals surface area contributed by atoms with Crippen LogP contribution in [0.1, 0.15) is 218 Å². The van der Waals surface area contributed by atoms with Gasteiger partial charge in [0.15, 0.2) is 0 Å². The summed E-state index contributed by atoms with van der Waals surface area (Å²) in [5.74, 6) is 4.05. The van der Waals surface area contributed by atoms with Gasteiger partial charge in [0.1, 0.15) is 0 Å². The zero-order valence-corrected chi connectivity index (χ0v) is 32.8. The Kier molecular flexibility index (Phi) is 14.8. The standard InChI is InChI=1S/C46H82N2O2/c49-45-31-27-43(28-32-45)47(39-7-3-1-4-8-39)41-23-19-37(20-24-41)17-15-35-11-13-36(14-12-35)16-18-38-21-25-42(26-22-38)48(40-9-5-2-6-10-40)44-29-33-46(50)34-30-44/h35-46,49-50H,1-34H2. The maximum atomic E-state index is 10.2. The van der Waals surface area contributed by atoms with E-state index in [1.807, 2.05) is 0 Å². The predicted molar refractivity (Wildman–Crippen MR) is 209 cm³/mol. The van der Waals surface area contributed by atoms with E-state index in [4.69, 9.17) is 0 Å². The molecule has 0 aromatic rings. The number of hydrogen-bond acceptors (Lipinski definition) is 4. The van der Waals surface area contributed by atoms with Crippen LogP contribution in [0.2, 0.25) is 0 Å². The van der Waals surface area contributed by atoms with E-state index in [1.165, 1.54) is 193 Å². The number of rotatable bonds is 12. The summed E-state index contributed by atoms with van der Waals surface area (Å²) in [7, 11) is 0. The molecule has 0 unspecified atom stereocenters. The van der Waals surface area contributed by atoms with E-state index in [0.29, 0.717) is 0 Å². The topological polar surface area (TPSA) is 46.9 Å². The fourth-order valence-corrected chi connectivity index (χ4v) is 13.5. The summed E-state index contributed by atoms with van der Waals surface area (Å²) >= 11 is 0. The zero-order valence-electron chi connectivity index (χ0n) is 32.8. The van der Waals surface area contributed by atoms with Crippen molar-refractivity contribution >= 4 is 0 Å². The molecule has 0 radical (unpaired) electrons. The summed E-state index contributed by atoms with van der Waals surface area (Å²) in [6.45, 7) is 0. The first-order valence-electron chi connectivity index (χ1n) is 23.5. The van der Waals surface area contributed by atoms with Crippen LogP contribution in [-0.4, -0.2) is 68.5 Å². The molecule has 0 aromatic heterocycles. The summed E-state index contributed by atoms with van der Waals surface area (Å²) in [5.41, 5.74) is 0. The average Bonchev–Trinajstić information content (AvgIpc) is 3.17. The van der Waals surface area contributed by atoms with Crippen LogP contribution in [0.15, 0.2) is 0 Å². The molecule has 7 rings (SSSR count). The molecule has 0 bridgehead atoms. The van der Waals surface area contributed by atoms with E-state index < -0.39 is 0 Å². The molecule has 0 saturated heterocycles. The van der Waals surface area contributed by atoms with Gasteiger partial charge in [0, 0.05) is 36.3 Å². The van der Waals surface area contributed by atoms with Gasteiger partial charge < -0.3 is 10.2 Å². The van der Waals surface area contributed by atoms with Crippen LogP contribution in [-0.2, 0) is 0 Å². The van der Waals surface area contributed by atoms with E-state index >= 15 is 0 Å². The van der Waals surface area contributed by atoms with Crippen molar-refractivity contribution in [3.8, 4) is 0 Å². The fraction of sp³-hybridized carbons (Fsp3) is 1.00. The molecular weight excluding hydrogens is 613 g/mol. The zero-order chi connectivity index (χ0) is 34.1. The van der Waals surface area contributed by atoms with Gasteiger partial charge in [-0.25, -0.2) is 0 Å². The molecule has 0 heterocycles. The monoisotopic (exact) mass is 695 g/mol. The lowest BCUT2D eigenvalue weighted by Gasteiger charge is -2.48. The third kappa shape index (κ3) is 10.5. The summed E-state index contributed by atoms with van der Waals surface area (Å²) in [6, 6.07) is 4.87. The second-order valence-electron chi connectivity index (χ2n) is 19.8. The molecule has 2 N–H and O–H groups in total. The van der Waals surface area contributed by atoms with E-state index in [0.717, 1.165) is 85.6 Å². The lowest BCUT2D eigenvalue weighted by molar-refractivity contribution is -0.00484. The SMILES string of the molecule is OC1CCC(N(C2CCCCC2)C2CCC(CCC3CCC(CCC4CCC(N(C5CCCCC5)C5CCC(O)CC5)CC4)CC3)CC2)CC1. The van der Waals surface area contributed by atoms with Crippen LogP contribution >= 0.6 is 0 Å². The van der Waals surface area contributed by atoms with Crippen molar-refractivity contribution in [3.05, 3.63) is 0 Å². The van der Waals surface area contributed by atoms with Crippen molar-refractivity contribution in [2.24, 2.45) is 23.7 Å². The van der Waals surface area contributed by atoms with Gasteiger partial charge in [0.05, 0.1) is 12.2 Å². The highest BCUT2D eigenvalue weighted by Gasteiger charge is 2.39. The van der Waals surface area contributed by atoms with Gasteiger partial charge in [-0.05, 0) is 152 Å². The van der Waals surface area contributed by atoms with Gasteiger partial charge in [-0.1, -0.05) is 89.9 Å². The largest absolute Gasteiger partial charge is 0.393 e. The molecule has 4 nitrogen and oxygen atoms in total. The van der Waals surface area contributed by atoms with Gasteiger partial charge >= 0.3 is 0 Å². The van der Waals surface area contributed by atoms with Gasteiger partial charge in [-0.15, -0.1) is 0 Å². The van der Waals surface area contributed by atoms with Crippen LogP contribution in [0.5, 0.6) is 0 Å². The van der Waals surface area contributed by atoms with Crippen LogP contribution in [0, 0.1) is 23.7 Å². The van der Waals surface area contributed by atoms with Crippen molar-refractivity contribution in [1.29, 1.82) is 0 Å². The van der Waals surface area contributed by atoms with Crippen molar-refractivity contribution in [1.82, 2.24) is 9.80 Å². The van der Waals surface area contributed by atoms with Crippen molar-refractivity contribution < 1.29 is 10.2 Å². The van der Waals surface area contributed by atoms with Crippen LogP contribution < -0.4 is 0 Å². The highest BCUT2D eigenvalue weighted by Crippen LogP contribution is 2.43. The molecule has 50 heavy (non-hydrogen) atoms. The Bertz CT molecular complexity index is 846. The van der Waals surface area contributed by atoms with Crippen LogP contribution in [0.4, 0.5) is 0 Å². The Morgan fingerprint density at radius 2 is 0.480 bits per heavy atom. The van der Waals surface area contributed by atoms with Crippen molar-refractivity contribution in [3.63, 3.8) is 0 Å². The highest BCUT2D eigenvalue weighted by atomic mass is 16.3. The highest BCUT2D eigenvalue weighted by molar-refractivity contribution is 4.94. The molecule has 0 atom stereocenters. The Morgan fingerprint density at radius 1 is 0.260 bits per heavy atom. The van der Waals surface area contributed by atoms with E-state index in [9.17, 15) is 10.2 Å². The molecule has 0 aliphatic heterocycles. The molecule has 7 fully saturated rings. The Hall–Kier alpha value is -0.160. The molecule has 0 aromatic carbocycles. The van der Waals surface area contributed by atoms with Crippen LogP contribution in [0.25, 0.3) is 0 Å². The minimum absolute atomic E-state index is 0.0264. The molecule has 7 aliphatic rings. The summed E-state index contributed by atoms with van der Waals surface area (Å²) in [5, 5.41) is 20.4. The maximum Gasteiger partial charge on any atom is 0.0541 e. The Morgan fingerprint density at radius 3 is 0.760 bits per heavy atom. The number of aliphatic hydroxyl groups excluding tert-OH is 2. The summed E-state index contributed by atoms with van der Waals surface area (Å²) in [4.78, 5) is 6.15. The smallest absolute Gasteiger partial charge is 0.0541 e. The third-order valence-electron chi connectivity index (χ3n) is 16.6. The first-order chi connectivity index (χ1) is 24.6. The van der Waals surface area contributed by atoms with Crippen LogP contribution in [0.3, 0.4) is 0 Å². The van der Waals surface area contributed by atoms with E-state index in [1.54, 1.807) is 0 Å². The molecule has 4 heteroatoms.